The van der Waals surface area contributed by atoms with Crippen molar-refractivity contribution < 1.29 is 4.79 Å². The number of allylic oxidation sites excluding steroid dienone is 4. The van der Waals surface area contributed by atoms with Gasteiger partial charge in [0.1, 0.15) is 5.38 Å². The first kappa shape index (κ1) is 8.33. The van der Waals surface area contributed by atoms with Crippen LogP contribution in [0.15, 0.2) is 23.3 Å². The molecule has 0 aromatic rings. The maximum Gasteiger partial charge on any atom is 0.180 e. The standard InChI is InChI=1S/C9H8Cl2O/c10-6-1-2-7-5(3-6)4-8(11)9(7)12/h1-2,6,8H,3-4H2. The summed E-state index contributed by atoms with van der Waals surface area (Å²) in [4.78, 5) is 11.4. The molecule has 0 radical (unpaired) electrons. The van der Waals surface area contributed by atoms with E-state index in [4.69, 9.17) is 23.2 Å². The van der Waals surface area contributed by atoms with Gasteiger partial charge in [0.2, 0.25) is 0 Å². The van der Waals surface area contributed by atoms with Gasteiger partial charge in [0.15, 0.2) is 5.78 Å². The molecule has 2 rings (SSSR count). The third-order valence-corrected chi connectivity index (χ3v) is 2.92. The van der Waals surface area contributed by atoms with Gasteiger partial charge in [0.25, 0.3) is 0 Å². The zero-order valence-corrected chi connectivity index (χ0v) is 7.90. The lowest BCUT2D eigenvalue weighted by Crippen LogP contribution is -2.08. The van der Waals surface area contributed by atoms with E-state index in [0.29, 0.717) is 6.42 Å². The number of carbonyl (C=O) groups excluding carboxylic acids is 1. The second-order valence-corrected chi connectivity index (χ2v) is 4.22. The molecule has 2 aliphatic rings. The predicted octanol–water partition coefficient (Wildman–Crippen LogP) is 2.43. The fourth-order valence-electron chi connectivity index (χ4n) is 1.66. The fourth-order valence-corrected chi connectivity index (χ4v) is 2.22. The maximum absolute atomic E-state index is 11.4. The van der Waals surface area contributed by atoms with E-state index < -0.39 is 0 Å². The molecule has 0 spiro atoms. The molecule has 0 aliphatic heterocycles. The van der Waals surface area contributed by atoms with Crippen LogP contribution in [0.4, 0.5) is 0 Å². The molecule has 3 heteroatoms. The largest absolute Gasteiger partial charge is 0.292 e. The summed E-state index contributed by atoms with van der Waals surface area (Å²) in [6.45, 7) is 0. The average molecular weight is 203 g/mol. The highest BCUT2D eigenvalue weighted by Crippen LogP contribution is 2.35. The van der Waals surface area contributed by atoms with Crippen LogP contribution in [0.25, 0.3) is 0 Å². The van der Waals surface area contributed by atoms with Crippen LogP contribution in [0.1, 0.15) is 12.8 Å². The predicted molar refractivity (Wildman–Crippen MR) is 49.7 cm³/mol. The van der Waals surface area contributed by atoms with Crippen molar-refractivity contribution in [3.63, 3.8) is 0 Å². The van der Waals surface area contributed by atoms with E-state index in [1.54, 1.807) is 6.08 Å². The number of carbonyl (C=O) groups is 1. The summed E-state index contributed by atoms with van der Waals surface area (Å²) < 4.78 is 0. The summed E-state index contributed by atoms with van der Waals surface area (Å²) in [5, 5.41) is -0.305. The second-order valence-electron chi connectivity index (χ2n) is 3.13. The van der Waals surface area contributed by atoms with Crippen LogP contribution < -0.4 is 0 Å². The number of hydrogen-bond acceptors (Lipinski definition) is 1. The lowest BCUT2D eigenvalue weighted by Gasteiger charge is -2.10. The molecule has 2 unspecified atom stereocenters. The number of ketones is 1. The molecular weight excluding hydrogens is 195 g/mol. The van der Waals surface area contributed by atoms with Gasteiger partial charge in [0, 0.05) is 5.57 Å². The van der Waals surface area contributed by atoms with Crippen molar-refractivity contribution in [1.29, 1.82) is 0 Å². The maximum atomic E-state index is 11.4. The fraction of sp³-hybridized carbons (Fsp3) is 0.444. The number of halogens is 2. The van der Waals surface area contributed by atoms with Crippen molar-refractivity contribution in [2.24, 2.45) is 0 Å². The molecule has 0 aromatic carbocycles. The Hall–Kier alpha value is -0.270. The molecular formula is C9H8Cl2O. The van der Waals surface area contributed by atoms with Crippen molar-refractivity contribution >= 4 is 29.0 Å². The molecule has 0 fully saturated rings. The molecule has 12 heavy (non-hydrogen) atoms. The van der Waals surface area contributed by atoms with Crippen LogP contribution in [-0.4, -0.2) is 16.5 Å². The molecule has 0 aromatic heterocycles. The first-order chi connectivity index (χ1) is 5.68. The number of alkyl halides is 2. The Balaban J connectivity index is 2.31. The van der Waals surface area contributed by atoms with Crippen LogP contribution in [-0.2, 0) is 4.79 Å². The Morgan fingerprint density at radius 3 is 2.83 bits per heavy atom. The van der Waals surface area contributed by atoms with Gasteiger partial charge in [-0.3, -0.25) is 4.79 Å². The highest BCUT2D eigenvalue weighted by molar-refractivity contribution is 6.36. The summed E-state index contributed by atoms with van der Waals surface area (Å²) in [5.41, 5.74) is 1.93. The third kappa shape index (κ3) is 1.21. The zero-order valence-electron chi connectivity index (χ0n) is 6.39. The van der Waals surface area contributed by atoms with Gasteiger partial charge in [-0.05, 0) is 12.8 Å². The Kier molecular flexibility index (Phi) is 2.01. The van der Waals surface area contributed by atoms with Crippen molar-refractivity contribution in [3.8, 4) is 0 Å². The SMILES string of the molecule is O=C1C2=C(CC(Cl)C=C2)CC1Cl. The van der Waals surface area contributed by atoms with E-state index in [0.717, 1.165) is 17.6 Å². The monoisotopic (exact) mass is 202 g/mol. The van der Waals surface area contributed by atoms with Crippen molar-refractivity contribution in [3.05, 3.63) is 23.3 Å². The van der Waals surface area contributed by atoms with Gasteiger partial charge < -0.3 is 0 Å². The Morgan fingerprint density at radius 1 is 1.33 bits per heavy atom. The number of rotatable bonds is 0. The normalized spacial score (nSPS) is 34.3. The summed E-state index contributed by atoms with van der Waals surface area (Å²) in [7, 11) is 0. The van der Waals surface area contributed by atoms with Gasteiger partial charge in [-0.2, -0.15) is 0 Å². The van der Waals surface area contributed by atoms with Crippen LogP contribution in [0.5, 0.6) is 0 Å². The van der Waals surface area contributed by atoms with E-state index in [-0.39, 0.29) is 16.5 Å². The molecule has 2 atom stereocenters. The number of Topliss-reactive ketones (excluding diaryl/α,β-unsaturated/α-hetero) is 1. The van der Waals surface area contributed by atoms with Crippen LogP contribution in [0, 0.1) is 0 Å². The van der Waals surface area contributed by atoms with Crippen LogP contribution in [0.2, 0.25) is 0 Å². The highest BCUT2D eigenvalue weighted by Gasteiger charge is 2.32. The number of hydrogen-bond donors (Lipinski definition) is 0. The quantitative estimate of drug-likeness (QED) is 0.552. The lowest BCUT2D eigenvalue weighted by atomic mass is 10.00. The molecule has 0 N–H and O–H groups in total. The minimum atomic E-state index is -0.346. The van der Waals surface area contributed by atoms with E-state index in [9.17, 15) is 4.79 Å². The van der Waals surface area contributed by atoms with E-state index in [1.807, 2.05) is 6.08 Å². The zero-order chi connectivity index (χ0) is 8.72. The summed E-state index contributed by atoms with van der Waals surface area (Å²) >= 11 is 11.7. The summed E-state index contributed by atoms with van der Waals surface area (Å²) in [6.07, 6.45) is 5.13. The molecule has 2 aliphatic carbocycles. The van der Waals surface area contributed by atoms with E-state index in [1.165, 1.54) is 0 Å². The average Bonchev–Trinajstić information content (AvgIpc) is 2.28. The highest BCUT2D eigenvalue weighted by atomic mass is 35.5. The second kappa shape index (κ2) is 2.90. The van der Waals surface area contributed by atoms with Crippen LogP contribution >= 0.6 is 23.2 Å². The Labute approximate surface area is 81.0 Å². The van der Waals surface area contributed by atoms with Gasteiger partial charge in [-0.15, -0.1) is 23.2 Å². The van der Waals surface area contributed by atoms with Gasteiger partial charge in [-0.1, -0.05) is 17.7 Å². The molecule has 0 saturated heterocycles. The van der Waals surface area contributed by atoms with Gasteiger partial charge >= 0.3 is 0 Å². The van der Waals surface area contributed by atoms with Crippen LogP contribution in [0.3, 0.4) is 0 Å². The minimum absolute atomic E-state index is 0.0403. The topological polar surface area (TPSA) is 17.1 Å². The smallest absolute Gasteiger partial charge is 0.180 e. The molecule has 0 amide bonds. The first-order valence-electron chi connectivity index (χ1n) is 3.91. The van der Waals surface area contributed by atoms with E-state index >= 15 is 0 Å². The van der Waals surface area contributed by atoms with Crippen molar-refractivity contribution in [2.75, 3.05) is 0 Å². The Morgan fingerprint density at radius 2 is 2.08 bits per heavy atom. The molecule has 0 heterocycles. The minimum Gasteiger partial charge on any atom is -0.292 e. The lowest BCUT2D eigenvalue weighted by molar-refractivity contribution is -0.114. The molecule has 64 valence electrons. The van der Waals surface area contributed by atoms with Gasteiger partial charge in [0.05, 0.1) is 5.38 Å². The van der Waals surface area contributed by atoms with Gasteiger partial charge in [-0.25, -0.2) is 0 Å². The summed E-state index contributed by atoms with van der Waals surface area (Å²) in [5.74, 6) is 0.0616. The summed E-state index contributed by atoms with van der Waals surface area (Å²) in [6, 6.07) is 0. The third-order valence-electron chi connectivity index (χ3n) is 2.27. The first-order valence-corrected chi connectivity index (χ1v) is 4.78. The molecule has 0 bridgehead atoms. The van der Waals surface area contributed by atoms with Crippen molar-refractivity contribution in [1.82, 2.24) is 0 Å². The molecule has 0 saturated carbocycles. The van der Waals surface area contributed by atoms with E-state index in [2.05, 4.69) is 0 Å². The van der Waals surface area contributed by atoms with Crippen molar-refractivity contribution in [2.45, 2.75) is 23.6 Å². The molecule has 1 nitrogen and oxygen atoms in total. The Bertz CT molecular complexity index is 287.